The molecule has 110 valence electrons. The van der Waals surface area contributed by atoms with Gasteiger partial charge in [0, 0.05) is 43.3 Å². The minimum absolute atomic E-state index is 0.331. The molecule has 3 aliphatic heterocycles. The Hall–Kier alpha value is -0.120. The van der Waals surface area contributed by atoms with Crippen LogP contribution in [0.4, 0.5) is 0 Å². The SMILES string of the molecule is CCC1CNC(C)(CC)CN1C1CCN2CCCC12. The summed E-state index contributed by atoms with van der Waals surface area (Å²) in [5.41, 5.74) is 0.331. The van der Waals surface area contributed by atoms with Crippen LogP contribution < -0.4 is 5.32 Å². The van der Waals surface area contributed by atoms with Crippen LogP contribution in [0.3, 0.4) is 0 Å². The highest BCUT2D eigenvalue weighted by Gasteiger charge is 2.45. The van der Waals surface area contributed by atoms with Crippen molar-refractivity contribution in [2.24, 2.45) is 0 Å². The smallest absolute Gasteiger partial charge is 0.0278 e. The van der Waals surface area contributed by atoms with Crippen molar-refractivity contribution in [2.75, 3.05) is 26.2 Å². The molecule has 0 aromatic heterocycles. The first-order chi connectivity index (χ1) is 9.17. The second kappa shape index (κ2) is 5.34. The molecule has 0 aliphatic carbocycles. The second-order valence-corrected chi connectivity index (χ2v) is 7.13. The average Bonchev–Trinajstić information content (AvgIpc) is 3.01. The Bertz CT molecular complexity index is 319. The Morgan fingerprint density at radius 3 is 2.74 bits per heavy atom. The lowest BCUT2D eigenvalue weighted by molar-refractivity contribution is 0.0331. The van der Waals surface area contributed by atoms with Gasteiger partial charge in [-0.15, -0.1) is 0 Å². The molecule has 3 nitrogen and oxygen atoms in total. The van der Waals surface area contributed by atoms with Gasteiger partial charge in [0.25, 0.3) is 0 Å². The summed E-state index contributed by atoms with van der Waals surface area (Å²) in [6, 6.07) is 2.46. The van der Waals surface area contributed by atoms with Crippen molar-refractivity contribution < 1.29 is 0 Å². The maximum absolute atomic E-state index is 3.80. The third-order valence-electron chi connectivity index (χ3n) is 6.01. The zero-order valence-corrected chi connectivity index (χ0v) is 13.0. The van der Waals surface area contributed by atoms with Crippen LogP contribution in [0.15, 0.2) is 0 Å². The standard InChI is InChI=1S/C16H31N3/c1-4-13-11-17-16(3,5-2)12-19(13)15-8-10-18-9-6-7-14(15)18/h13-15,17H,4-12H2,1-3H3. The van der Waals surface area contributed by atoms with Gasteiger partial charge in [-0.3, -0.25) is 9.80 Å². The van der Waals surface area contributed by atoms with Crippen LogP contribution in [0.25, 0.3) is 0 Å². The molecule has 3 aliphatic rings. The molecular weight excluding hydrogens is 234 g/mol. The third kappa shape index (κ3) is 2.45. The minimum Gasteiger partial charge on any atom is -0.309 e. The van der Waals surface area contributed by atoms with E-state index < -0.39 is 0 Å². The van der Waals surface area contributed by atoms with E-state index in [1.807, 2.05) is 0 Å². The van der Waals surface area contributed by atoms with Gasteiger partial charge in [-0.1, -0.05) is 13.8 Å². The molecule has 0 bridgehead atoms. The summed E-state index contributed by atoms with van der Waals surface area (Å²) in [5, 5.41) is 3.80. The van der Waals surface area contributed by atoms with Crippen LogP contribution in [-0.4, -0.2) is 59.6 Å². The van der Waals surface area contributed by atoms with Crippen LogP contribution in [0, 0.1) is 0 Å². The monoisotopic (exact) mass is 265 g/mol. The predicted octanol–water partition coefficient (Wildman–Crippen LogP) is 2.08. The van der Waals surface area contributed by atoms with Crippen molar-refractivity contribution in [1.29, 1.82) is 0 Å². The zero-order chi connectivity index (χ0) is 13.5. The Balaban J connectivity index is 1.75. The summed E-state index contributed by atoms with van der Waals surface area (Å²) in [4.78, 5) is 5.64. The molecule has 0 aromatic rings. The molecule has 4 atom stereocenters. The average molecular weight is 265 g/mol. The highest BCUT2D eigenvalue weighted by atomic mass is 15.3. The van der Waals surface area contributed by atoms with E-state index in [1.165, 1.54) is 58.3 Å². The summed E-state index contributed by atoms with van der Waals surface area (Å²) >= 11 is 0. The maximum Gasteiger partial charge on any atom is 0.0278 e. The molecule has 3 saturated heterocycles. The molecular formula is C16H31N3. The first kappa shape index (κ1) is 13.8. The van der Waals surface area contributed by atoms with Crippen molar-refractivity contribution in [2.45, 2.75) is 76.5 Å². The highest BCUT2D eigenvalue weighted by Crippen LogP contribution is 2.34. The number of nitrogens with one attached hydrogen (secondary N) is 1. The van der Waals surface area contributed by atoms with Crippen LogP contribution in [0.5, 0.6) is 0 Å². The number of hydrogen-bond acceptors (Lipinski definition) is 3. The minimum atomic E-state index is 0.331. The van der Waals surface area contributed by atoms with E-state index in [-0.39, 0.29) is 0 Å². The van der Waals surface area contributed by atoms with Gasteiger partial charge in [-0.2, -0.15) is 0 Å². The molecule has 0 spiro atoms. The Kier molecular flexibility index (Phi) is 3.89. The molecule has 0 saturated carbocycles. The fraction of sp³-hybridized carbons (Fsp3) is 1.00. The van der Waals surface area contributed by atoms with E-state index in [0.717, 1.165) is 18.1 Å². The van der Waals surface area contributed by atoms with Crippen molar-refractivity contribution in [1.82, 2.24) is 15.1 Å². The molecule has 1 N–H and O–H groups in total. The number of piperazine rings is 1. The lowest BCUT2D eigenvalue weighted by Crippen LogP contribution is -2.65. The summed E-state index contributed by atoms with van der Waals surface area (Å²) in [5.74, 6) is 0. The fourth-order valence-corrected chi connectivity index (χ4v) is 4.52. The molecule has 3 fully saturated rings. The molecule has 3 heteroatoms. The summed E-state index contributed by atoms with van der Waals surface area (Å²) in [6.07, 6.45) is 6.79. The molecule has 4 unspecified atom stereocenters. The van der Waals surface area contributed by atoms with Gasteiger partial charge in [-0.05, 0) is 45.6 Å². The normalized spacial score (nSPS) is 44.7. The largest absolute Gasteiger partial charge is 0.309 e. The lowest BCUT2D eigenvalue weighted by Gasteiger charge is -2.49. The Morgan fingerprint density at radius 2 is 2.00 bits per heavy atom. The number of fused-ring (bicyclic) bond motifs is 1. The van der Waals surface area contributed by atoms with E-state index in [1.54, 1.807) is 0 Å². The van der Waals surface area contributed by atoms with Gasteiger partial charge in [0.05, 0.1) is 0 Å². The van der Waals surface area contributed by atoms with Crippen molar-refractivity contribution in [3.63, 3.8) is 0 Å². The summed E-state index contributed by atoms with van der Waals surface area (Å²) in [6.45, 7) is 12.2. The van der Waals surface area contributed by atoms with Gasteiger partial charge >= 0.3 is 0 Å². The second-order valence-electron chi connectivity index (χ2n) is 7.13. The summed E-state index contributed by atoms with van der Waals surface area (Å²) < 4.78 is 0. The van der Waals surface area contributed by atoms with Crippen molar-refractivity contribution in [3.8, 4) is 0 Å². The van der Waals surface area contributed by atoms with Gasteiger partial charge in [0.2, 0.25) is 0 Å². The highest BCUT2D eigenvalue weighted by molar-refractivity contribution is 5.03. The van der Waals surface area contributed by atoms with E-state index in [4.69, 9.17) is 0 Å². The molecule has 0 radical (unpaired) electrons. The van der Waals surface area contributed by atoms with E-state index >= 15 is 0 Å². The molecule has 0 amide bonds. The van der Waals surface area contributed by atoms with E-state index in [9.17, 15) is 0 Å². The topological polar surface area (TPSA) is 18.5 Å². The van der Waals surface area contributed by atoms with Crippen LogP contribution in [0.2, 0.25) is 0 Å². The van der Waals surface area contributed by atoms with Crippen LogP contribution in [0.1, 0.15) is 52.9 Å². The van der Waals surface area contributed by atoms with Gasteiger partial charge in [-0.25, -0.2) is 0 Å². The first-order valence-corrected chi connectivity index (χ1v) is 8.41. The number of rotatable bonds is 3. The van der Waals surface area contributed by atoms with Gasteiger partial charge < -0.3 is 5.32 Å². The van der Waals surface area contributed by atoms with E-state index in [0.29, 0.717) is 5.54 Å². The fourth-order valence-electron chi connectivity index (χ4n) is 4.52. The molecule has 3 heterocycles. The maximum atomic E-state index is 3.80. The predicted molar refractivity (Wildman–Crippen MR) is 80.5 cm³/mol. The third-order valence-corrected chi connectivity index (χ3v) is 6.01. The molecule has 0 aromatic carbocycles. The van der Waals surface area contributed by atoms with Crippen molar-refractivity contribution in [3.05, 3.63) is 0 Å². The first-order valence-electron chi connectivity index (χ1n) is 8.41. The quantitative estimate of drug-likeness (QED) is 0.843. The van der Waals surface area contributed by atoms with Crippen LogP contribution >= 0.6 is 0 Å². The lowest BCUT2D eigenvalue weighted by atomic mass is 9.90. The number of hydrogen-bond donors (Lipinski definition) is 1. The van der Waals surface area contributed by atoms with Crippen LogP contribution in [-0.2, 0) is 0 Å². The molecule has 3 rings (SSSR count). The van der Waals surface area contributed by atoms with Crippen molar-refractivity contribution >= 4 is 0 Å². The number of nitrogens with zero attached hydrogens (tertiary/aromatic N) is 2. The van der Waals surface area contributed by atoms with Gasteiger partial charge in [0.1, 0.15) is 0 Å². The summed E-state index contributed by atoms with van der Waals surface area (Å²) in [7, 11) is 0. The van der Waals surface area contributed by atoms with E-state index in [2.05, 4.69) is 35.9 Å². The Labute approximate surface area is 118 Å². The Morgan fingerprint density at radius 1 is 1.16 bits per heavy atom. The molecule has 19 heavy (non-hydrogen) atoms. The van der Waals surface area contributed by atoms with Gasteiger partial charge in [0.15, 0.2) is 0 Å². The zero-order valence-electron chi connectivity index (χ0n) is 13.0.